The van der Waals surface area contributed by atoms with Crippen molar-refractivity contribution in [3.63, 3.8) is 0 Å². The smallest absolute Gasteiger partial charge is 0.243 e. The van der Waals surface area contributed by atoms with E-state index in [1.54, 1.807) is 11.9 Å². The average molecular weight is 371 g/mol. The van der Waals surface area contributed by atoms with Crippen molar-refractivity contribution in [2.24, 2.45) is 17.8 Å². The highest BCUT2D eigenvalue weighted by atomic mass is 16.5. The highest BCUT2D eigenvalue weighted by Gasteiger charge is 2.44. The van der Waals surface area contributed by atoms with Crippen molar-refractivity contribution in [2.75, 3.05) is 50.1 Å². The number of morpholine rings is 1. The molecule has 4 rings (SSSR count). The Labute approximate surface area is 160 Å². The number of carbonyl (C=O) groups excluding carboxylic acids is 2. The van der Waals surface area contributed by atoms with Crippen LogP contribution >= 0.6 is 0 Å². The normalized spacial score (nSPS) is 26.9. The second-order valence-corrected chi connectivity index (χ2v) is 8.17. The Hall–Kier alpha value is -2.08. The summed E-state index contributed by atoms with van der Waals surface area (Å²) in [5, 5.41) is 2.91. The van der Waals surface area contributed by atoms with Crippen molar-refractivity contribution >= 4 is 23.2 Å². The molecule has 0 aromatic heterocycles. The van der Waals surface area contributed by atoms with Gasteiger partial charge in [0.1, 0.15) is 0 Å². The summed E-state index contributed by atoms with van der Waals surface area (Å²) < 4.78 is 5.38. The molecule has 3 atom stereocenters. The van der Waals surface area contributed by atoms with Gasteiger partial charge >= 0.3 is 0 Å². The van der Waals surface area contributed by atoms with Gasteiger partial charge < -0.3 is 19.9 Å². The molecule has 0 spiro atoms. The van der Waals surface area contributed by atoms with Crippen LogP contribution < -0.4 is 10.2 Å². The lowest BCUT2D eigenvalue weighted by atomic mass is 9.88. The average Bonchev–Trinajstić information content (AvgIpc) is 3.32. The number of amides is 2. The number of nitrogens with zero attached hydrogens (tertiary/aromatic N) is 2. The van der Waals surface area contributed by atoms with Gasteiger partial charge in [0.15, 0.2) is 0 Å². The zero-order valence-electron chi connectivity index (χ0n) is 16.0. The quantitative estimate of drug-likeness (QED) is 0.863. The molecule has 1 aliphatic heterocycles. The number of hydrogen-bond acceptors (Lipinski definition) is 4. The van der Waals surface area contributed by atoms with E-state index in [1.165, 1.54) is 19.3 Å². The topological polar surface area (TPSA) is 61.9 Å². The van der Waals surface area contributed by atoms with Crippen LogP contribution in [-0.2, 0) is 14.3 Å². The maximum atomic E-state index is 12.7. The Bertz CT molecular complexity index is 684. The highest BCUT2D eigenvalue weighted by molar-refractivity contribution is 5.95. The first-order chi connectivity index (χ1) is 13.1. The molecule has 1 aromatic carbocycles. The van der Waals surface area contributed by atoms with Crippen molar-refractivity contribution in [1.29, 1.82) is 0 Å². The molecule has 2 saturated carbocycles. The van der Waals surface area contributed by atoms with E-state index in [4.69, 9.17) is 4.74 Å². The monoisotopic (exact) mass is 371 g/mol. The van der Waals surface area contributed by atoms with Crippen LogP contribution in [0.3, 0.4) is 0 Å². The molecule has 0 radical (unpaired) electrons. The minimum absolute atomic E-state index is 0.109. The van der Waals surface area contributed by atoms with Gasteiger partial charge in [-0.2, -0.15) is 0 Å². The van der Waals surface area contributed by atoms with Crippen molar-refractivity contribution in [3.05, 3.63) is 24.3 Å². The lowest BCUT2D eigenvalue weighted by molar-refractivity contribution is -0.138. The molecule has 1 aromatic rings. The van der Waals surface area contributed by atoms with E-state index in [-0.39, 0.29) is 24.3 Å². The van der Waals surface area contributed by atoms with E-state index >= 15 is 0 Å². The molecule has 6 heteroatoms. The lowest BCUT2D eigenvalue weighted by Gasteiger charge is -2.29. The molecule has 1 saturated heterocycles. The number of rotatable bonds is 5. The minimum Gasteiger partial charge on any atom is -0.378 e. The van der Waals surface area contributed by atoms with Crippen LogP contribution in [0.1, 0.15) is 25.7 Å². The number of nitrogens with one attached hydrogen (secondary N) is 1. The molecule has 27 heavy (non-hydrogen) atoms. The van der Waals surface area contributed by atoms with Gasteiger partial charge in [-0.25, -0.2) is 0 Å². The van der Waals surface area contributed by atoms with Crippen LogP contribution in [0.4, 0.5) is 11.4 Å². The van der Waals surface area contributed by atoms with Gasteiger partial charge in [0.25, 0.3) is 0 Å². The van der Waals surface area contributed by atoms with Crippen LogP contribution in [0, 0.1) is 17.8 Å². The van der Waals surface area contributed by atoms with Gasteiger partial charge in [-0.1, -0.05) is 6.42 Å². The van der Waals surface area contributed by atoms with E-state index < -0.39 is 0 Å². The Kier molecular flexibility index (Phi) is 5.34. The Morgan fingerprint density at radius 1 is 1.15 bits per heavy atom. The summed E-state index contributed by atoms with van der Waals surface area (Å²) in [4.78, 5) is 28.9. The minimum atomic E-state index is -0.145. The molecule has 2 aliphatic carbocycles. The molecule has 6 nitrogen and oxygen atoms in total. The third-order valence-corrected chi connectivity index (χ3v) is 6.34. The summed E-state index contributed by atoms with van der Waals surface area (Å²) in [6.45, 7) is 3.39. The SMILES string of the molecule is CN(CC(=O)Nc1ccc(N2CCOCC2)cc1)C(=O)C1CC2CCC1C2. The molecule has 146 valence electrons. The van der Waals surface area contributed by atoms with E-state index in [2.05, 4.69) is 10.2 Å². The van der Waals surface area contributed by atoms with Crippen molar-refractivity contribution in [3.8, 4) is 0 Å². The van der Waals surface area contributed by atoms with Crippen molar-refractivity contribution in [1.82, 2.24) is 4.90 Å². The van der Waals surface area contributed by atoms with Crippen LogP contribution in [0.25, 0.3) is 0 Å². The molecule has 2 amide bonds. The third kappa shape index (κ3) is 4.10. The predicted octanol–water partition coefficient (Wildman–Crippen LogP) is 2.36. The summed E-state index contributed by atoms with van der Waals surface area (Å²) >= 11 is 0. The first-order valence-electron chi connectivity index (χ1n) is 10.1. The summed E-state index contributed by atoms with van der Waals surface area (Å²) in [5.74, 6) is 1.40. The van der Waals surface area contributed by atoms with E-state index in [9.17, 15) is 9.59 Å². The number of fused-ring (bicyclic) bond motifs is 2. The van der Waals surface area contributed by atoms with Crippen LogP contribution in [-0.4, -0.2) is 56.6 Å². The standard InChI is InChI=1S/C21H29N3O3/c1-23(21(26)19-13-15-2-3-16(19)12-15)14-20(25)22-17-4-6-18(7-5-17)24-8-10-27-11-9-24/h4-7,15-16,19H,2-3,8-14H2,1H3,(H,22,25). The van der Waals surface area contributed by atoms with Crippen LogP contribution in [0.15, 0.2) is 24.3 Å². The number of anilines is 2. The summed E-state index contributed by atoms with van der Waals surface area (Å²) in [6, 6.07) is 7.87. The molecular formula is C21H29N3O3. The summed E-state index contributed by atoms with van der Waals surface area (Å²) in [7, 11) is 1.75. The molecular weight excluding hydrogens is 342 g/mol. The summed E-state index contributed by atoms with van der Waals surface area (Å²) in [5.41, 5.74) is 1.90. The Morgan fingerprint density at radius 2 is 1.89 bits per heavy atom. The molecule has 3 fully saturated rings. The van der Waals surface area contributed by atoms with E-state index in [0.717, 1.165) is 50.0 Å². The highest BCUT2D eigenvalue weighted by Crippen LogP contribution is 2.48. The number of ether oxygens (including phenoxy) is 1. The Morgan fingerprint density at radius 3 is 2.52 bits per heavy atom. The first-order valence-corrected chi connectivity index (χ1v) is 10.1. The fourth-order valence-electron chi connectivity index (χ4n) is 4.90. The maximum absolute atomic E-state index is 12.7. The van der Waals surface area contributed by atoms with Gasteiger partial charge in [-0.05, 0) is 55.4 Å². The third-order valence-electron chi connectivity index (χ3n) is 6.34. The fourth-order valence-corrected chi connectivity index (χ4v) is 4.90. The largest absolute Gasteiger partial charge is 0.378 e. The lowest BCUT2D eigenvalue weighted by Crippen LogP contribution is -2.40. The van der Waals surface area contributed by atoms with E-state index in [1.807, 2.05) is 24.3 Å². The zero-order chi connectivity index (χ0) is 18.8. The summed E-state index contributed by atoms with van der Waals surface area (Å²) in [6.07, 6.45) is 4.67. The van der Waals surface area contributed by atoms with Crippen LogP contribution in [0.5, 0.6) is 0 Å². The maximum Gasteiger partial charge on any atom is 0.243 e. The Balaban J connectivity index is 1.27. The van der Waals surface area contributed by atoms with E-state index in [0.29, 0.717) is 5.92 Å². The van der Waals surface area contributed by atoms with Gasteiger partial charge in [0, 0.05) is 37.4 Å². The van der Waals surface area contributed by atoms with Crippen molar-refractivity contribution in [2.45, 2.75) is 25.7 Å². The number of benzene rings is 1. The predicted molar refractivity (Wildman–Crippen MR) is 105 cm³/mol. The van der Waals surface area contributed by atoms with Gasteiger partial charge in [-0.3, -0.25) is 9.59 Å². The number of carbonyl (C=O) groups is 2. The molecule has 1 heterocycles. The van der Waals surface area contributed by atoms with Gasteiger partial charge in [-0.15, -0.1) is 0 Å². The second-order valence-electron chi connectivity index (χ2n) is 8.17. The van der Waals surface area contributed by atoms with Gasteiger partial charge in [0.2, 0.25) is 11.8 Å². The zero-order valence-corrected chi connectivity index (χ0v) is 16.0. The van der Waals surface area contributed by atoms with Crippen molar-refractivity contribution < 1.29 is 14.3 Å². The number of hydrogen-bond donors (Lipinski definition) is 1. The van der Waals surface area contributed by atoms with Gasteiger partial charge in [0.05, 0.1) is 19.8 Å². The first kappa shape index (κ1) is 18.3. The molecule has 3 aliphatic rings. The molecule has 1 N–H and O–H groups in total. The fraction of sp³-hybridized carbons (Fsp3) is 0.619. The molecule has 3 unspecified atom stereocenters. The van der Waals surface area contributed by atoms with Crippen LogP contribution in [0.2, 0.25) is 0 Å². The second kappa shape index (κ2) is 7.89. The molecule has 2 bridgehead atoms. The number of likely N-dealkylation sites (N-methyl/N-ethyl adjacent to an activating group) is 1.